The van der Waals surface area contributed by atoms with Crippen molar-refractivity contribution < 1.29 is 9.53 Å². The Hall–Kier alpha value is -0.730. The molecule has 1 amide bonds. The Labute approximate surface area is 112 Å². The second kappa shape index (κ2) is 9.23. The molecular formula is C15H29NO2. The lowest BCUT2D eigenvalue weighted by atomic mass is 9.99. The standard InChI is InChI=1S/C15H29NO2/c1-13(2)9-8-12-16-15(17)18-14-10-6-4-3-5-7-11-14/h13-14H,3-12H2,1-2H3,(H,16,17). The Morgan fingerprint density at radius 2 is 1.78 bits per heavy atom. The van der Waals surface area contributed by atoms with Crippen LogP contribution >= 0.6 is 0 Å². The van der Waals surface area contributed by atoms with Crippen LogP contribution in [0.1, 0.15) is 71.6 Å². The minimum atomic E-state index is -0.218. The smallest absolute Gasteiger partial charge is 0.407 e. The zero-order chi connectivity index (χ0) is 13.2. The average Bonchev–Trinajstić information content (AvgIpc) is 2.28. The summed E-state index contributed by atoms with van der Waals surface area (Å²) in [4.78, 5) is 11.6. The van der Waals surface area contributed by atoms with Crippen molar-refractivity contribution in [1.82, 2.24) is 5.32 Å². The van der Waals surface area contributed by atoms with Crippen LogP contribution in [0.25, 0.3) is 0 Å². The van der Waals surface area contributed by atoms with Crippen LogP contribution in [0.2, 0.25) is 0 Å². The zero-order valence-corrected chi connectivity index (χ0v) is 12.0. The van der Waals surface area contributed by atoms with Crippen LogP contribution in [0, 0.1) is 5.92 Å². The molecule has 0 spiro atoms. The zero-order valence-electron chi connectivity index (χ0n) is 12.0. The fraction of sp³-hybridized carbons (Fsp3) is 0.933. The maximum absolute atomic E-state index is 11.6. The minimum Gasteiger partial charge on any atom is -0.446 e. The predicted molar refractivity (Wildman–Crippen MR) is 74.7 cm³/mol. The van der Waals surface area contributed by atoms with Crippen LogP contribution < -0.4 is 5.32 Å². The fourth-order valence-corrected chi connectivity index (χ4v) is 2.43. The van der Waals surface area contributed by atoms with Gasteiger partial charge < -0.3 is 10.1 Å². The Bertz CT molecular complexity index is 221. The summed E-state index contributed by atoms with van der Waals surface area (Å²) in [6, 6.07) is 0. The van der Waals surface area contributed by atoms with E-state index in [2.05, 4.69) is 19.2 Å². The van der Waals surface area contributed by atoms with Gasteiger partial charge in [0, 0.05) is 6.54 Å². The van der Waals surface area contributed by atoms with Gasteiger partial charge in [-0.15, -0.1) is 0 Å². The molecule has 0 bridgehead atoms. The molecule has 3 nitrogen and oxygen atoms in total. The maximum atomic E-state index is 11.6. The summed E-state index contributed by atoms with van der Waals surface area (Å²) >= 11 is 0. The lowest BCUT2D eigenvalue weighted by Gasteiger charge is -2.20. The molecular weight excluding hydrogens is 226 g/mol. The number of ether oxygens (including phenoxy) is 1. The summed E-state index contributed by atoms with van der Waals surface area (Å²) in [5.41, 5.74) is 0. The van der Waals surface area contributed by atoms with E-state index in [1.807, 2.05) is 0 Å². The van der Waals surface area contributed by atoms with Crippen molar-refractivity contribution in [3.63, 3.8) is 0 Å². The Balaban J connectivity index is 2.09. The minimum absolute atomic E-state index is 0.149. The summed E-state index contributed by atoms with van der Waals surface area (Å²) in [6.45, 7) is 5.14. The van der Waals surface area contributed by atoms with Gasteiger partial charge in [-0.1, -0.05) is 33.1 Å². The van der Waals surface area contributed by atoms with Crippen LogP contribution in [0.3, 0.4) is 0 Å². The van der Waals surface area contributed by atoms with E-state index in [1.54, 1.807) is 0 Å². The van der Waals surface area contributed by atoms with Gasteiger partial charge in [0.1, 0.15) is 6.10 Å². The predicted octanol–water partition coefficient (Wildman–Crippen LogP) is 4.26. The Morgan fingerprint density at radius 3 is 2.39 bits per heavy atom. The fourth-order valence-electron chi connectivity index (χ4n) is 2.43. The van der Waals surface area contributed by atoms with Gasteiger partial charge in [-0.25, -0.2) is 4.79 Å². The number of nitrogens with one attached hydrogen (secondary N) is 1. The number of rotatable bonds is 5. The van der Waals surface area contributed by atoms with E-state index in [1.165, 1.54) is 32.1 Å². The lowest BCUT2D eigenvalue weighted by molar-refractivity contribution is 0.0815. The highest BCUT2D eigenvalue weighted by atomic mass is 16.6. The third-order valence-corrected chi connectivity index (χ3v) is 3.55. The number of amides is 1. The van der Waals surface area contributed by atoms with Crippen molar-refractivity contribution in [2.45, 2.75) is 77.7 Å². The lowest BCUT2D eigenvalue weighted by Crippen LogP contribution is -2.30. The molecule has 0 unspecified atom stereocenters. The van der Waals surface area contributed by atoms with Gasteiger partial charge >= 0.3 is 6.09 Å². The Kier molecular flexibility index (Phi) is 7.86. The molecule has 0 atom stereocenters. The van der Waals surface area contributed by atoms with E-state index in [0.717, 1.165) is 32.2 Å². The second-order valence-electron chi connectivity index (χ2n) is 5.84. The van der Waals surface area contributed by atoms with Crippen molar-refractivity contribution in [1.29, 1.82) is 0 Å². The van der Waals surface area contributed by atoms with Crippen molar-refractivity contribution in [3.8, 4) is 0 Å². The van der Waals surface area contributed by atoms with Crippen LogP contribution in [0.5, 0.6) is 0 Å². The molecule has 1 fully saturated rings. The van der Waals surface area contributed by atoms with E-state index in [-0.39, 0.29) is 12.2 Å². The molecule has 0 aromatic carbocycles. The summed E-state index contributed by atoms with van der Waals surface area (Å²) in [7, 11) is 0. The molecule has 0 saturated heterocycles. The number of carbonyl (C=O) groups excluding carboxylic acids is 1. The number of hydrogen-bond acceptors (Lipinski definition) is 2. The topological polar surface area (TPSA) is 38.3 Å². The first-order valence-corrected chi connectivity index (χ1v) is 7.63. The normalized spacial score (nSPS) is 18.2. The summed E-state index contributed by atoms with van der Waals surface area (Å²) < 4.78 is 5.48. The molecule has 1 aliphatic carbocycles. The first-order valence-electron chi connectivity index (χ1n) is 7.63. The van der Waals surface area contributed by atoms with Crippen LogP contribution in [-0.2, 0) is 4.74 Å². The summed E-state index contributed by atoms with van der Waals surface area (Å²) in [5.74, 6) is 0.702. The van der Waals surface area contributed by atoms with Crippen molar-refractivity contribution in [2.24, 2.45) is 5.92 Å². The van der Waals surface area contributed by atoms with Crippen LogP contribution in [0.4, 0.5) is 4.79 Å². The maximum Gasteiger partial charge on any atom is 0.407 e. The van der Waals surface area contributed by atoms with Crippen molar-refractivity contribution in [3.05, 3.63) is 0 Å². The van der Waals surface area contributed by atoms with E-state index in [9.17, 15) is 4.79 Å². The largest absolute Gasteiger partial charge is 0.446 e. The first-order chi connectivity index (χ1) is 8.68. The monoisotopic (exact) mass is 255 g/mol. The molecule has 0 aromatic rings. The molecule has 1 aliphatic rings. The third-order valence-electron chi connectivity index (χ3n) is 3.55. The van der Waals surface area contributed by atoms with Crippen LogP contribution in [0.15, 0.2) is 0 Å². The highest BCUT2D eigenvalue weighted by molar-refractivity contribution is 5.67. The van der Waals surface area contributed by atoms with Gasteiger partial charge in [0.15, 0.2) is 0 Å². The molecule has 106 valence electrons. The quantitative estimate of drug-likeness (QED) is 0.745. The van der Waals surface area contributed by atoms with Gasteiger partial charge in [-0.2, -0.15) is 0 Å². The van der Waals surface area contributed by atoms with Crippen molar-refractivity contribution >= 4 is 6.09 Å². The van der Waals surface area contributed by atoms with Gasteiger partial charge in [-0.05, 0) is 44.4 Å². The molecule has 1 rings (SSSR count). The number of carbonyl (C=O) groups is 1. The molecule has 1 saturated carbocycles. The van der Waals surface area contributed by atoms with Crippen LogP contribution in [-0.4, -0.2) is 18.7 Å². The highest BCUT2D eigenvalue weighted by Crippen LogP contribution is 2.19. The van der Waals surface area contributed by atoms with Gasteiger partial charge in [-0.3, -0.25) is 0 Å². The summed E-state index contributed by atoms with van der Waals surface area (Å²) in [6.07, 6.45) is 10.5. The molecule has 0 radical (unpaired) electrons. The number of alkyl carbamates (subject to hydrolysis) is 1. The molecule has 18 heavy (non-hydrogen) atoms. The average molecular weight is 255 g/mol. The second-order valence-corrected chi connectivity index (χ2v) is 5.84. The molecule has 0 aromatic heterocycles. The first kappa shape index (κ1) is 15.3. The van der Waals surface area contributed by atoms with E-state index in [4.69, 9.17) is 4.74 Å². The van der Waals surface area contributed by atoms with E-state index < -0.39 is 0 Å². The molecule has 3 heteroatoms. The molecule has 0 heterocycles. The highest BCUT2D eigenvalue weighted by Gasteiger charge is 2.15. The van der Waals surface area contributed by atoms with Gasteiger partial charge in [0.2, 0.25) is 0 Å². The van der Waals surface area contributed by atoms with E-state index in [0.29, 0.717) is 5.92 Å². The van der Waals surface area contributed by atoms with Gasteiger partial charge in [0.05, 0.1) is 0 Å². The molecule has 0 aliphatic heterocycles. The SMILES string of the molecule is CC(C)CCCNC(=O)OC1CCCCCCC1. The van der Waals surface area contributed by atoms with Gasteiger partial charge in [0.25, 0.3) is 0 Å². The molecule has 1 N–H and O–H groups in total. The summed E-state index contributed by atoms with van der Waals surface area (Å²) in [5, 5.41) is 2.86. The van der Waals surface area contributed by atoms with E-state index >= 15 is 0 Å². The number of hydrogen-bond donors (Lipinski definition) is 1. The third kappa shape index (κ3) is 7.57. The van der Waals surface area contributed by atoms with Crippen molar-refractivity contribution in [2.75, 3.05) is 6.54 Å². The Morgan fingerprint density at radius 1 is 1.17 bits per heavy atom.